The predicted molar refractivity (Wildman–Crippen MR) is 103 cm³/mol. The van der Waals surface area contributed by atoms with Crippen LogP contribution in [0.5, 0.6) is 0 Å². The first-order chi connectivity index (χ1) is 12.9. The molecule has 0 bridgehead atoms. The van der Waals surface area contributed by atoms with Gasteiger partial charge < -0.3 is 9.80 Å². The molecule has 2 aliphatic rings. The SMILES string of the molecule is C=C1C2=C(C(=O)N(C(C)C)C2)N(CC(C)=O)c2cc(-c3ccncc3)nn21. The van der Waals surface area contributed by atoms with Crippen molar-refractivity contribution in [3.63, 3.8) is 0 Å². The highest BCUT2D eigenvalue weighted by Gasteiger charge is 2.42. The molecule has 4 rings (SSSR count). The number of rotatable bonds is 4. The van der Waals surface area contributed by atoms with Crippen LogP contribution in [-0.4, -0.2) is 50.5 Å². The van der Waals surface area contributed by atoms with Crippen molar-refractivity contribution in [1.29, 1.82) is 0 Å². The minimum atomic E-state index is -0.0692. The van der Waals surface area contributed by atoms with Crippen molar-refractivity contribution in [1.82, 2.24) is 19.7 Å². The van der Waals surface area contributed by atoms with Crippen molar-refractivity contribution in [2.24, 2.45) is 0 Å². The third-order valence-corrected chi connectivity index (χ3v) is 4.90. The molecule has 0 N–H and O–H groups in total. The maximum Gasteiger partial charge on any atom is 0.271 e. The van der Waals surface area contributed by atoms with Gasteiger partial charge in [0.1, 0.15) is 17.3 Å². The highest BCUT2D eigenvalue weighted by atomic mass is 16.2. The fraction of sp³-hybridized carbons (Fsp3) is 0.300. The number of hydrogen-bond donors (Lipinski definition) is 0. The average molecular weight is 363 g/mol. The molecule has 2 aliphatic heterocycles. The van der Waals surface area contributed by atoms with Gasteiger partial charge in [-0.2, -0.15) is 5.10 Å². The number of hydrogen-bond acceptors (Lipinski definition) is 5. The van der Waals surface area contributed by atoms with Crippen molar-refractivity contribution in [3.05, 3.63) is 48.4 Å². The van der Waals surface area contributed by atoms with Crippen LogP contribution >= 0.6 is 0 Å². The standard InChI is InChI=1S/C20H21N5O2/c1-12(2)23-11-16-14(4)25-18(24(10-13(3)26)19(16)20(23)27)9-17(22-25)15-5-7-21-8-6-15/h5-9,12H,4,10-11H2,1-3H3. The Morgan fingerprint density at radius 2 is 2.00 bits per heavy atom. The fourth-order valence-electron chi connectivity index (χ4n) is 3.56. The molecule has 138 valence electrons. The summed E-state index contributed by atoms with van der Waals surface area (Å²) in [5.41, 5.74) is 3.70. The van der Waals surface area contributed by atoms with E-state index in [4.69, 9.17) is 0 Å². The Morgan fingerprint density at radius 1 is 1.30 bits per heavy atom. The molecule has 0 aliphatic carbocycles. The highest BCUT2D eigenvalue weighted by Crippen LogP contribution is 2.40. The smallest absolute Gasteiger partial charge is 0.271 e. The van der Waals surface area contributed by atoms with Gasteiger partial charge in [0.2, 0.25) is 0 Å². The summed E-state index contributed by atoms with van der Waals surface area (Å²) >= 11 is 0. The van der Waals surface area contributed by atoms with E-state index in [1.54, 1.807) is 26.9 Å². The van der Waals surface area contributed by atoms with Gasteiger partial charge in [0, 0.05) is 35.6 Å². The molecule has 0 aromatic carbocycles. The summed E-state index contributed by atoms with van der Waals surface area (Å²) in [7, 11) is 0. The van der Waals surface area contributed by atoms with Gasteiger partial charge in [-0.3, -0.25) is 14.6 Å². The van der Waals surface area contributed by atoms with Crippen molar-refractivity contribution in [2.75, 3.05) is 18.0 Å². The zero-order chi connectivity index (χ0) is 19.3. The minimum Gasteiger partial charge on any atom is -0.330 e. The van der Waals surface area contributed by atoms with E-state index in [9.17, 15) is 9.59 Å². The van der Waals surface area contributed by atoms with Crippen LogP contribution in [0.3, 0.4) is 0 Å². The lowest BCUT2D eigenvalue weighted by atomic mass is 10.1. The third-order valence-electron chi connectivity index (χ3n) is 4.90. The molecular weight excluding hydrogens is 342 g/mol. The maximum atomic E-state index is 13.0. The quantitative estimate of drug-likeness (QED) is 0.834. The van der Waals surface area contributed by atoms with Crippen LogP contribution in [-0.2, 0) is 9.59 Å². The van der Waals surface area contributed by atoms with E-state index in [2.05, 4.69) is 16.7 Å². The first kappa shape index (κ1) is 17.2. The fourth-order valence-corrected chi connectivity index (χ4v) is 3.56. The van der Waals surface area contributed by atoms with Crippen molar-refractivity contribution < 1.29 is 9.59 Å². The topological polar surface area (TPSA) is 71.3 Å². The number of Topliss-reactive ketones (excluding diaryl/α,β-unsaturated/α-hetero) is 1. The molecule has 2 aromatic heterocycles. The summed E-state index contributed by atoms with van der Waals surface area (Å²) in [6.45, 7) is 10.3. The van der Waals surface area contributed by atoms with Crippen LogP contribution in [0.1, 0.15) is 20.8 Å². The van der Waals surface area contributed by atoms with E-state index in [-0.39, 0.29) is 24.3 Å². The molecule has 0 atom stereocenters. The number of amides is 1. The Bertz CT molecular complexity index is 987. The average Bonchev–Trinajstić information content (AvgIpc) is 3.22. The van der Waals surface area contributed by atoms with Crippen LogP contribution in [0.25, 0.3) is 17.0 Å². The van der Waals surface area contributed by atoms with Crippen LogP contribution in [0.4, 0.5) is 5.82 Å². The predicted octanol–water partition coefficient (Wildman–Crippen LogP) is 2.33. The van der Waals surface area contributed by atoms with Gasteiger partial charge in [-0.15, -0.1) is 0 Å². The van der Waals surface area contributed by atoms with E-state index in [0.717, 1.165) is 16.8 Å². The van der Waals surface area contributed by atoms with Crippen LogP contribution in [0, 0.1) is 0 Å². The Kier molecular flexibility index (Phi) is 3.95. The van der Waals surface area contributed by atoms with Crippen molar-refractivity contribution in [3.8, 4) is 11.3 Å². The van der Waals surface area contributed by atoms with Gasteiger partial charge in [-0.05, 0) is 32.9 Å². The first-order valence-corrected chi connectivity index (χ1v) is 8.89. The zero-order valence-electron chi connectivity index (χ0n) is 15.6. The summed E-state index contributed by atoms with van der Waals surface area (Å²) in [6, 6.07) is 5.70. The van der Waals surface area contributed by atoms with Gasteiger partial charge in [-0.1, -0.05) is 6.58 Å². The second-order valence-electron chi connectivity index (χ2n) is 7.12. The Hall–Kier alpha value is -3.22. The molecule has 2 aromatic rings. The maximum absolute atomic E-state index is 13.0. The highest BCUT2D eigenvalue weighted by molar-refractivity contribution is 6.06. The Morgan fingerprint density at radius 3 is 2.63 bits per heavy atom. The Labute approximate surface area is 157 Å². The molecule has 0 saturated heterocycles. The molecule has 27 heavy (non-hydrogen) atoms. The van der Waals surface area contributed by atoms with E-state index < -0.39 is 0 Å². The second kappa shape index (κ2) is 6.19. The summed E-state index contributed by atoms with van der Waals surface area (Å²) < 4.78 is 1.73. The normalized spacial score (nSPS) is 16.3. The molecule has 0 radical (unpaired) electrons. The number of ketones is 1. The summed E-state index contributed by atoms with van der Waals surface area (Å²) in [6.07, 6.45) is 3.41. The number of nitrogens with zero attached hydrogens (tertiary/aromatic N) is 5. The molecule has 0 unspecified atom stereocenters. The van der Waals surface area contributed by atoms with Gasteiger partial charge in [-0.25, -0.2) is 4.68 Å². The number of aromatic nitrogens is 3. The number of fused-ring (bicyclic) bond motifs is 1. The number of carbonyl (C=O) groups is 2. The molecule has 7 nitrogen and oxygen atoms in total. The second-order valence-corrected chi connectivity index (χ2v) is 7.12. The summed E-state index contributed by atoms with van der Waals surface area (Å²) in [4.78, 5) is 32.6. The van der Waals surface area contributed by atoms with E-state index in [1.807, 2.05) is 32.0 Å². The molecule has 4 heterocycles. The lowest BCUT2D eigenvalue weighted by molar-refractivity contribution is -0.127. The van der Waals surface area contributed by atoms with Gasteiger partial charge in [0.05, 0.1) is 24.5 Å². The largest absolute Gasteiger partial charge is 0.330 e. The van der Waals surface area contributed by atoms with E-state index in [1.165, 1.54) is 6.92 Å². The number of carbonyl (C=O) groups excluding carboxylic acids is 2. The van der Waals surface area contributed by atoms with Crippen LogP contribution in [0.2, 0.25) is 0 Å². The molecule has 0 saturated carbocycles. The van der Waals surface area contributed by atoms with Gasteiger partial charge in [0.25, 0.3) is 5.91 Å². The monoisotopic (exact) mass is 363 g/mol. The lowest BCUT2D eigenvalue weighted by Gasteiger charge is -2.30. The zero-order valence-corrected chi connectivity index (χ0v) is 15.6. The van der Waals surface area contributed by atoms with Gasteiger partial charge >= 0.3 is 0 Å². The molecule has 1 amide bonds. The molecule has 0 fully saturated rings. The number of pyridine rings is 1. The third kappa shape index (κ3) is 2.66. The lowest BCUT2D eigenvalue weighted by Crippen LogP contribution is -2.39. The van der Waals surface area contributed by atoms with E-state index in [0.29, 0.717) is 23.8 Å². The summed E-state index contributed by atoms with van der Waals surface area (Å²) in [5, 5.41) is 4.69. The number of anilines is 1. The first-order valence-electron chi connectivity index (χ1n) is 8.89. The molecule has 0 spiro atoms. The minimum absolute atomic E-state index is 0.0247. The Balaban J connectivity index is 1.84. The van der Waals surface area contributed by atoms with Crippen molar-refractivity contribution in [2.45, 2.75) is 26.8 Å². The molecular formula is C20H21N5O2. The van der Waals surface area contributed by atoms with Crippen molar-refractivity contribution >= 4 is 23.2 Å². The van der Waals surface area contributed by atoms with E-state index >= 15 is 0 Å². The molecule has 7 heteroatoms. The van der Waals surface area contributed by atoms with Crippen LogP contribution in [0.15, 0.2) is 48.4 Å². The summed E-state index contributed by atoms with van der Waals surface area (Å²) in [5.74, 6) is 0.586. The van der Waals surface area contributed by atoms with Crippen LogP contribution < -0.4 is 4.90 Å². The van der Waals surface area contributed by atoms with Gasteiger partial charge in [0.15, 0.2) is 0 Å².